The molecule has 0 rings (SSSR count). The van der Waals surface area contributed by atoms with Gasteiger partial charge in [-0.25, -0.2) is 0 Å². The summed E-state index contributed by atoms with van der Waals surface area (Å²) in [5.74, 6) is -0.296. The minimum atomic E-state index is -0.173. The van der Waals surface area contributed by atoms with Gasteiger partial charge in [0.2, 0.25) is 0 Å². The first-order chi connectivity index (χ1) is 5.76. The van der Waals surface area contributed by atoms with Gasteiger partial charge in [-0.2, -0.15) is 0 Å². The highest BCUT2D eigenvalue weighted by Gasteiger charge is 2.16. The van der Waals surface area contributed by atoms with E-state index in [9.17, 15) is 4.79 Å². The molecule has 1 N–H and O–H groups in total. The molecule has 1 atom stereocenters. The summed E-state index contributed by atoms with van der Waals surface area (Å²) in [5, 5.41) is 8.63. The van der Waals surface area contributed by atoms with Gasteiger partial charge in [-0.05, 0) is 19.3 Å². The maximum atomic E-state index is 11.2. The van der Waals surface area contributed by atoms with Crippen LogP contribution in [0, 0.1) is 5.92 Å². The van der Waals surface area contributed by atoms with E-state index in [4.69, 9.17) is 9.84 Å². The summed E-state index contributed by atoms with van der Waals surface area (Å²) in [5.41, 5.74) is 0. The van der Waals surface area contributed by atoms with E-state index in [1.54, 1.807) is 0 Å². The van der Waals surface area contributed by atoms with Gasteiger partial charge in [0.1, 0.15) is 0 Å². The molecule has 0 unspecified atom stereocenters. The fraction of sp³-hybridized carbons (Fsp3) is 0.889. The van der Waals surface area contributed by atoms with Crippen molar-refractivity contribution < 1.29 is 14.6 Å². The number of carbonyl (C=O) groups is 1. The molecule has 0 aliphatic rings. The van der Waals surface area contributed by atoms with Crippen molar-refractivity contribution in [1.82, 2.24) is 0 Å². The molecular weight excluding hydrogens is 156 g/mol. The Morgan fingerprint density at radius 3 is 2.58 bits per heavy atom. The van der Waals surface area contributed by atoms with Gasteiger partial charge in [0, 0.05) is 6.61 Å². The molecule has 0 aromatic heterocycles. The SMILES string of the molecule is CCCOC(=O)[C@H](CC)CCO. The van der Waals surface area contributed by atoms with Gasteiger partial charge in [0.05, 0.1) is 12.5 Å². The molecule has 0 saturated heterocycles. The average molecular weight is 174 g/mol. The molecule has 0 aliphatic heterocycles. The Balaban J connectivity index is 3.69. The lowest BCUT2D eigenvalue weighted by Crippen LogP contribution is -2.18. The molecule has 0 bridgehead atoms. The third-order valence-electron chi connectivity index (χ3n) is 1.75. The Labute approximate surface area is 73.7 Å². The summed E-state index contributed by atoms with van der Waals surface area (Å²) in [6.07, 6.45) is 2.10. The number of aliphatic hydroxyl groups is 1. The predicted octanol–water partition coefficient (Wildman–Crippen LogP) is 1.35. The van der Waals surface area contributed by atoms with Crippen molar-refractivity contribution in [2.75, 3.05) is 13.2 Å². The van der Waals surface area contributed by atoms with E-state index in [-0.39, 0.29) is 18.5 Å². The first kappa shape index (κ1) is 11.4. The Morgan fingerprint density at radius 2 is 2.17 bits per heavy atom. The van der Waals surface area contributed by atoms with Crippen LogP contribution >= 0.6 is 0 Å². The second-order valence-corrected chi connectivity index (χ2v) is 2.78. The van der Waals surface area contributed by atoms with E-state index in [1.165, 1.54) is 0 Å². The monoisotopic (exact) mass is 174 g/mol. The van der Waals surface area contributed by atoms with Gasteiger partial charge in [0.25, 0.3) is 0 Å². The first-order valence-electron chi connectivity index (χ1n) is 4.53. The number of esters is 1. The van der Waals surface area contributed by atoms with E-state index in [2.05, 4.69) is 0 Å². The third-order valence-corrected chi connectivity index (χ3v) is 1.75. The quantitative estimate of drug-likeness (QED) is 0.618. The van der Waals surface area contributed by atoms with Crippen LogP contribution in [0.15, 0.2) is 0 Å². The van der Waals surface area contributed by atoms with Crippen LogP contribution in [0.1, 0.15) is 33.1 Å². The van der Waals surface area contributed by atoms with E-state index in [1.807, 2.05) is 13.8 Å². The molecule has 72 valence electrons. The van der Waals surface area contributed by atoms with Crippen LogP contribution < -0.4 is 0 Å². The largest absolute Gasteiger partial charge is 0.465 e. The fourth-order valence-electron chi connectivity index (χ4n) is 0.965. The zero-order chi connectivity index (χ0) is 9.40. The molecule has 0 saturated carbocycles. The van der Waals surface area contributed by atoms with Crippen LogP contribution in [0.3, 0.4) is 0 Å². The lowest BCUT2D eigenvalue weighted by Gasteiger charge is -2.11. The summed E-state index contributed by atoms with van der Waals surface area (Å²) in [7, 11) is 0. The minimum Gasteiger partial charge on any atom is -0.465 e. The highest BCUT2D eigenvalue weighted by Crippen LogP contribution is 2.09. The van der Waals surface area contributed by atoms with Crippen LogP contribution in [0.25, 0.3) is 0 Å². The molecule has 12 heavy (non-hydrogen) atoms. The normalized spacial score (nSPS) is 12.6. The van der Waals surface area contributed by atoms with E-state index in [0.717, 1.165) is 12.8 Å². The average Bonchev–Trinajstić information content (AvgIpc) is 2.10. The van der Waals surface area contributed by atoms with Crippen molar-refractivity contribution in [3.05, 3.63) is 0 Å². The highest BCUT2D eigenvalue weighted by atomic mass is 16.5. The van der Waals surface area contributed by atoms with Crippen molar-refractivity contribution in [2.24, 2.45) is 5.92 Å². The summed E-state index contributed by atoms with van der Waals surface area (Å²) in [6, 6.07) is 0. The number of aliphatic hydroxyl groups excluding tert-OH is 1. The van der Waals surface area contributed by atoms with Crippen LogP contribution in [-0.4, -0.2) is 24.3 Å². The van der Waals surface area contributed by atoms with Gasteiger partial charge < -0.3 is 9.84 Å². The number of carbonyl (C=O) groups excluding carboxylic acids is 1. The second-order valence-electron chi connectivity index (χ2n) is 2.78. The number of ether oxygens (including phenoxy) is 1. The van der Waals surface area contributed by atoms with E-state index >= 15 is 0 Å². The van der Waals surface area contributed by atoms with Crippen LogP contribution in [-0.2, 0) is 9.53 Å². The Hall–Kier alpha value is -0.570. The lowest BCUT2D eigenvalue weighted by atomic mass is 10.0. The molecule has 0 aromatic carbocycles. The van der Waals surface area contributed by atoms with Gasteiger partial charge in [-0.3, -0.25) is 4.79 Å². The molecule has 0 aliphatic carbocycles. The molecule has 3 heteroatoms. The van der Waals surface area contributed by atoms with Crippen molar-refractivity contribution in [2.45, 2.75) is 33.1 Å². The summed E-state index contributed by atoms with van der Waals surface area (Å²) >= 11 is 0. The lowest BCUT2D eigenvalue weighted by molar-refractivity contribution is -0.149. The van der Waals surface area contributed by atoms with E-state index < -0.39 is 0 Å². The third kappa shape index (κ3) is 4.34. The Kier molecular flexibility index (Phi) is 6.76. The maximum Gasteiger partial charge on any atom is 0.309 e. The Bertz CT molecular complexity index is 123. The molecule has 0 heterocycles. The second kappa shape index (κ2) is 7.10. The number of rotatable bonds is 6. The zero-order valence-electron chi connectivity index (χ0n) is 7.88. The van der Waals surface area contributed by atoms with Crippen molar-refractivity contribution in [3.63, 3.8) is 0 Å². The van der Waals surface area contributed by atoms with Gasteiger partial charge in [-0.15, -0.1) is 0 Å². The highest BCUT2D eigenvalue weighted by molar-refractivity contribution is 5.72. The summed E-state index contributed by atoms with van der Waals surface area (Å²) in [6.45, 7) is 4.42. The van der Waals surface area contributed by atoms with Gasteiger partial charge in [0.15, 0.2) is 0 Å². The number of hydrogen-bond donors (Lipinski definition) is 1. The first-order valence-corrected chi connectivity index (χ1v) is 4.53. The smallest absolute Gasteiger partial charge is 0.309 e. The van der Waals surface area contributed by atoms with Crippen molar-refractivity contribution in [1.29, 1.82) is 0 Å². The van der Waals surface area contributed by atoms with Crippen molar-refractivity contribution in [3.8, 4) is 0 Å². The van der Waals surface area contributed by atoms with E-state index in [0.29, 0.717) is 13.0 Å². The molecule has 3 nitrogen and oxygen atoms in total. The maximum absolute atomic E-state index is 11.2. The molecule has 0 amide bonds. The number of hydrogen-bond acceptors (Lipinski definition) is 3. The van der Waals surface area contributed by atoms with Crippen LogP contribution in [0.4, 0.5) is 0 Å². The van der Waals surface area contributed by atoms with Gasteiger partial charge >= 0.3 is 5.97 Å². The molecule has 0 spiro atoms. The molecule has 0 aromatic rings. The summed E-state index contributed by atoms with van der Waals surface area (Å²) in [4.78, 5) is 11.2. The molecular formula is C9H18O3. The fourth-order valence-corrected chi connectivity index (χ4v) is 0.965. The van der Waals surface area contributed by atoms with Crippen LogP contribution in [0.5, 0.6) is 0 Å². The topological polar surface area (TPSA) is 46.5 Å². The molecule has 0 radical (unpaired) electrons. The molecule has 0 fully saturated rings. The standard InChI is InChI=1S/C9H18O3/c1-3-7-12-9(11)8(4-2)5-6-10/h8,10H,3-7H2,1-2H3/t8-/m1/s1. The van der Waals surface area contributed by atoms with Crippen LogP contribution in [0.2, 0.25) is 0 Å². The summed E-state index contributed by atoms with van der Waals surface area (Å²) < 4.78 is 4.95. The zero-order valence-corrected chi connectivity index (χ0v) is 7.88. The van der Waals surface area contributed by atoms with Crippen molar-refractivity contribution >= 4 is 5.97 Å². The van der Waals surface area contributed by atoms with Gasteiger partial charge in [-0.1, -0.05) is 13.8 Å². The predicted molar refractivity (Wildman–Crippen MR) is 46.7 cm³/mol. The minimum absolute atomic E-state index is 0.0553. The Morgan fingerprint density at radius 1 is 1.50 bits per heavy atom.